The Morgan fingerprint density at radius 3 is 2.85 bits per heavy atom. The molecule has 0 bridgehead atoms. The summed E-state index contributed by atoms with van der Waals surface area (Å²) < 4.78 is 39.9. The number of benzene rings is 1. The van der Waals surface area contributed by atoms with Crippen LogP contribution in [0.4, 0.5) is 10.1 Å². The van der Waals surface area contributed by atoms with Crippen molar-refractivity contribution in [3.63, 3.8) is 0 Å². The number of imidazole rings is 1. The second-order valence-corrected chi connectivity index (χ2v) is 6.62. The Morgan fingerprint density at radius 2 is 2.20 bits per heavy atom. The second-order valence-electron chi connectivity index (χ2n) is 4.03. The van der Waals surface area contributed by atoms with E-state index in [1.54, 1.807) is 6.20 Å². The van der Waals surface area contributed by atoms with Crippen LogP contribution >= 0.6 is 15.9 Å². The van der Waals surface area contributed by atoms with E-state index in [2.05, 4.69) is 30.6 Å². The molecule has 4 N–H and O–H groups in total. The number of anilines is 1. The SMILES string of the molecule is Nc1cc(S(=O)(=O)NCCc2cnc[nH]2)c(Br)cc1F. The maximum Gasteiger partial charge on any atom is 0.241 e. The van der Waals surface area contributed by atoms with Crippen LogP contribution in [0.5, 0.6) is 0 Å². The topological polar surface area (TPSA) is 101 Å². The Morgan fingerprint density at radius 1 is 1.45 bits per heavy atom. The summed E-state index contributed by atoms with van der Waals surface area (Å²) >= 11 is 3.02. The van der Waals surface area contributed by atoms with Crippen LogP contribution in [0.15, 0.2) is 34.0 Å². The van der Waals surface area contributed by atoms with Crippen molar-refractivity contribution in [3.05, 3.63) is 40.6 Å². The molecule has 1 heterocycles. The molecular formula is C11H12BrFN4O2S. The molecule has 0 fully saturated rings. The summed E-state index contributed by atoms with van der Waals surface area (Å²) in [5, 5.41) is 0. The third kappa shape index (κ3) is 3.35. The van der Waals surface area contributed by atoms with Gasteiger partial charge in [0.05, 0.1) is 16.9 Å². The maximum absolute atomic E-state index is 13.2. The Balaban J connectivity index is 2.12. The van der Waals surface area contributed by atoms with Gasteiger partial charge in [-0.05, 0) is 28.1 Å². The fourth-order valence-corrected chi connectivity index (χ4v) is 3.65. The molecule has 2 rings (SSSR count). The molecule has 0 aliphatic rings. The van der Waals surface area contributed by atoms with Gasteiger partial charge in [0.1, 0.15) is 5.82 Å². The number of hydrogen-bond acceptors (Lipinski definition) is 4. The lowest BCUT2D eigenvalue weighted by molar-refractivity contribution is 0.580. The first-order valence-electron chi connectivity index (χ1n) is 5.61. The minimum Gasteiger partial charge on any atom is -0.396 e. The molecule has 0 unspecified atom stereocenters. The number of rotatable bonds is 5. The first kappa shape index (κ1) is 14.9. The van der Waals surface area contributed by atoms with E-state index in [4.69, 9.17) is 5.73 Å². The minimum absolute atomic E-state index is 0.0963. The fraction of sp³-hybridized carbons (Fsp3) is 0.182. The molecule has 20 heavy (non-hydrogen) atoms. The van der Waals surface area contributed by atoms with Crippen molar-refractivity contribution in [1.29, 1.82) is 0 Å². The largest absolute Gasteiger partial charge is 0.396 e. The van der Waals surface area contributed by atoms with Crippen molar-refractivity contribution in [2.75, 3.05) is 12.3 Å². The third-order valence-electron chi connectivity index (χ3n) is 2.58. The zero-order valence-corrected chi connectivity index (χ0v) is 12.6. The molecule has 0 saturated carbocycles. The zero-order valence-electron chi connectivity index (χ0n) is 10.2. The Kier molecular flexibility index (Phi) is 4.41. The zero-order chi connectivity index (χ0) is 14.8. The lowest BCUT2D eigenvalue weighted by atomic mass is 10.3. The van der Waals surface area contributed by atoms with Crippen LogP contribution in [0.3, 0.4) is 0 Å². The van der Waals surface area contributed by atoms with Gasteiger partial charge in [-0.15, -0.1) is 0 Å². The number of H-pyrrole nitrogens is 1. The second kappa shape index (κ2) is 5.90. The molecule has 0 radical (unpaired) electrons. The lowest BCUT2D eigenvalue weighted by Crippen LogP contribution is -2.26. The van der Waals surface area contributed by atoms with Crippen molar-refractivity contribution in [2.24, 2.45) is 0 Å². The predicted molar refractivity (Wildman–Crippen MR) is 76.0 cm³/mol. The molecule has 0 aliphatic carbocycles. The van der Waals surface area contributed by atoms with Crippen LogP contribution in [-0.4, -0.2) is 24.9 Å². The number of nitrogens with two attached hydrogens (primary N) is 1. The average molecular weight is 363 g/mol. The van der Waals surface area contributed by atoms with Gasteiger partial charge in [0.25, 0.3) is 0 Å². The smallest absolute Gasteiger partial charge is 0.241 e. The molecular weight excluding hydrogens is 351 g/mol. The molecule has 0 spiro atoms. The summed E-state index contributed by atoms with van der Waals surface area (Å²) in [6.45, 7) is 0.189. The summed E-state index contributed by atoms with van der Waals surface area (Å²) in [5.74, 6) is -0.673. The van der Waals surface area contributed by atoms with Gasteiger partial charge in [0.15, 0.2) is 0 Å². The Hall–Kier alpha value is -1.45. The quantitative estimate of drug-likeness (QED) is 0.700. The number of aromatic amines is 1. The standard InChI is InChI=1S/C11H12BrFN4O2S/c12-8-3-9(13)10(14)4-11(8)20(18,19)17-2-1-7-5-15-6-16-7/h3-6,17H,1-2,14H2,(H,15,16). The maximum atomic E-state index is 13.2. The fourth-order valence-electron chi connectivity index (χ4n) is 1.57. The van der Waals surface area contributed by atoms with Crippen LogP contribution < -0.4 is 10.5 Å². The molecule has 0 aliphatic heterocycles. The van der Waals surface area contributed by atoms with Crippen molar-refractivity contribution < 1.29 is 12.8 Å². The molecule has 9 heteroatoms. The lowest BCUT2D eigenvalue weighted by Gasteiger charge is -2.09. The van der Waals surface area contributed by atoms with Crippen molar-refractivity contribution in [1.82, 2.24) is 14.7 Å². The van der Waals surface area contributed by atoms with Gasteiger partial charge in [-0.1, -0.05) is 0 Å². The van der Waals surface area contributed by atoms with Gasteiger partial charge >= 0.3 is 0 Å². The number of nitrogens with one attached hydrogen (secondary N) is 2. The molecule has 6 nitrogen and oxygen atoms in total. The first-order valence-corrected chi connectivity index (χ1v) is 7.89. The van der Waals surface area contributed by atoms with E-state index < -0.39 is 15.8 Å². The van der Waals surface area contributed by atoms with E-state index in [1.165, 1.54) is 6.33 Å². The molecule has 0 amide bonds. The summed E-state index contributed by atoms with van der Waals surface area (Å²) in [6, 6.07) is 2.11. The monoisotopic (exact) mass is 362 g/mol. The number of aromatic nitrogens is 2. The highest BCUT2D eigenvalue weighted by molar-refractivity contribution is 9.10. The van der Waals surface area contributed by atoms with Gasteiger partial charge in [-0.25, -0.2) is 22.5 Å². The van der Waals surface area contributed by atoms with E-state index in [0.717, 1.165) is 17.8 Å². The van der Waals surface area contributed by atoms with Gasteiger partial charge < -0.3 is 10.7 Å². The Bertz CT molecular complexity index is 703. The number of nitrogens with zero attached hydrogens (tertiary/aromatic N) is 1. The number of hydrogen-bond donors (Lipinski definition) is 3. The minimum atomic E-state index is -3.76. The van der Waals surface area contributed by atoms with Crippen LogP contribution in [0, 0.1) is 5.82 Å². The third-order valence-corrected chi connectivity index (χ3v) is 5.00. The highest BCUT2D eigenvalue weighted by atomic mass is 79.9. The molecule has 2 aromatic rings. The normalized spacial score (nSPS) is 11.7. The summed E-state index contributed by atoms with van der Waals surface area (Å²) in [4.78, 5) is 6.60. The highest BCUT2D eigenvalue weighted by Gasteiger charge is 2.19. The van der Waals surface area contributed by atoms with Crippen LogP contribution in [0.25, 0.3) is 0 Å². The van der Waals surface area contributed by atoms with Crippen molar-refractivity contribution in [3.8, 4) is 0 Å². The van der Waals surface area contributed by atoms with Crippen LogP contribution in [0.2, 0.25) is 0 Å². The molecule has 1 aromatic carbocycles. The molecule has 0 saturated heterocycles. The average Bonchev–Trinajstić information content (AvgIpc) is 2.86. The van der Waals surface area contributed by atoms with Crippen molar-refractivity contribution in [2.45, 2.75) is 11.3 Å². The van der Waals surface area contributed by atoms with E-state index >= 15 is 0 Å². The van der Waals surface area contributed by atoms with Crippen LogP contribution in [-0.2, 0) is 16.4 Å². The van der Waals surface area contributed by atoms with Gasteiger partial charge in [-0.3, -0.25) is 0 Å². The number of sulfonamides is 1. The van der Waals surface area contributed by atoms with E-state index in [1.807, 2.05) is 0 Å². The van der Waals surface area contributed by atoms with E-state index in [0.29, 0.717) is 6.42 Å². The molecule has 0 atom stereocenters. The van der Waals surface area contributed by atoms with E-state index in [9.17, 15) is 12.8 Å². The molecule has 108 valence electrons. The summed E-state index contributed by atoms with van der Waals surface area (Å²) in [5.41, 5.74) is 5.98. The summed E-state index contributed by atoms with van der Waals surface area (Å²) in [7, 11) is -3.76. The highest BCUT2D eigenvalue weighted by Crippen LogP contribution is 2.26. The number of nitrogen functional groups attached to an aromatic ring is 1. The predicted octanol–water partition coefficient (Wildman–Crippen LogP) is 1.41. The van der Waals surface area contributed by atoms with Gasteiger partial charge in [0, 0.05) is 29.3 Å². The van der Waals surface area contributed by atoms with Crippen LogP contribution in [0.1, 0.15) is 5.69 Å². The first-order chi connectivity index (χ1) is 9.40. The van der Waals surface area contributed by atoms with Gasteiger partial charge in [-0.2, -0.15) is 0 Å². The summed E-state index contributed by atoms with van der Waals surface area (Å²) in [6.07, 6.45) is 3.59. The molecule has 1 aromatic heterocycles. The number of halogens is 2. The van der Waals surface area contributed by atoms with Crippen molar-refractivity contribution >= 4 is 31.6 Å². The van der Waals surface area contributed by atoms with E-state index in [-0.39, 0.29) is 21.6 Å². The van der Waals surface area contributed by atoms with Gasteiger partial charge in [0.2, 0.25) is 10.0 Å². The Labute approximate surface area is 123 Å².